The third-order valence-corrected chi connectivity index (χ3v) is 2.55. The fraction of sp³-hybridized carbons (Fsp3) is 0.333. The lowest BCUT2D eigenvalue weighted by Crippen LogP contribution is -1.93. The Bertz CT molecular complexity index is 297. The first-order valence-corrected chi connectivity index (χ1v) is 4.62. The van der Waals surface area contributed by atoms with Gasteiger partial charge < -0.3 is 0 Å². The fourth-order valence-electron chi connectivity index (χ4n) is 1.85. The molecule has 0 heteroatoms. The molecule has 1 aliphatic carbocycles. The van der Waals surface area contributed by atoms with Crippen molar-refractivity contribution >= 4 is 0 Å². The van der Waals surface area contributed by atoms with Gasteiger partial charge in [-0.3, -0.25) is 0 Å². The third-order valence-electron chi connectivity index (χ3n) is 2.55. The zero-order chi connectivity index (χ0) is 8.39. The van der Waals surface area contributed by atoms with Crippen molar-refractivity contribution in [2.45, 2.75) is 25.7 Å². The van der Waals surface area contributed by atoms with Gasteiger partial charge in [-0.1, -0.05) is 43.3 Å². The standard InChI is InChI=1S/C12H14/c1-10-6-2-3-7-11-8-4-5-9-12(10)11/h2,4-6,8-10H,3,7H2,1H3/t10-/m1/s1. The summed E-state index contributed by atoms with van der Waals surface area (Å²) >= 11 is 0. The molecule has 0 bridgehead atoms. The van der Waals surface area contributed by atoms with Crippen molar-refractivity contribution in [3.05, 3.63) is 47.5 Å². The Balaban J connectivity index is 2.46. The minimum Gasteiger partial charge on any atom is -0.0876 e. The smallest absolute Gasteiger partial charge is 0.000771 e. The lowest BCUT2D eigenvalue weighted by Gasteiger charge is -2.09. The van der Waals surface area contributed by atoms with E-state index < -0.39 is 0 Å². The van der Waals surface area contributed by atoms with Gasteiger partial charge >= 0.3 is 0 Å². The molecule has 12 heavy (non-hydrogen) atoms. The highest BCUT2D eigenvalue weighted by Crippen LogP contribution is 2.25. The summed E-state index contributed by atoms with van der Waals surface area (Å²) in [4.78, 5) is 0. The Morgan fingerprint density at radius 3 is 3.00 bits per heavy atom. The van der Waals surface area contributed by atoms with Crippen LogP contribution in [0, 0.1) is 0 Å². The summed E-state index contributed by atoms with van der Waals surface area (Å²) in [6.07, 6.45) is 7.01. The average molecular weight is 158 g/mol. The van der Waals surface area contributed by atoms with Gasteiger partial charge in [0.1, 0.15) is 0 Å². The highest BCUT2D eigenvalue weighted by atomic mass is 14.1. The van der Waals surface area contributed by atoms with Crippen molar-refractivity contribution in [2.75, 3.05) is 0 Å². The van der Waals surface area contributed by atoms with E-state index in [0.717, 1.165) is 0 Å². The highest BCUT2D eigenvalue weighted by Gasteiger charge is 2.08. The van der Waals surface area contributed by atoms with E-state index in [2.05, 4.69) is 43.3 Å². The second kappa shape index (κ2) is 3.14. The molecule has 0 nitrogen and oxygen atoms in total. The molecule has 1 atom stereocenters. The van der Waals surface area contributed by atoms with E-state index in [1.807, 2.05) is 0 Å². The monoisotopic (exact) mass is 158 g/mol. The number of hydrogen-bond donors (Lipinski definition) is 0. The molecule has 0 N–H and O–H groups in total. The molecule has 62 valence electrons. The Morgan fingerprint density at radius 1 is 1.25 bits per heavy atom. The second-order valence-corrected chi connectivity index (χ2v) is 3.45. The van der Waals surface area contributed by atoms with Gasteiger partial charge in [-0.15, -0.1) is 0 Å². The van der Waals surface area contributed by atoms with Gasteiger partial charge in [0.15, 0.2) is 0 Å². The molecule has 0 saturated carbocycles. The molecule has 0 saturated heterocycles. The maximum Gasteiger partial charge on any atom is -0.000771 e. The predicted octanol–water partition coefficient (Wildman–Crippen LogP) is 3.29. The van der Waals surface area contributed by atoms with E-state index in [9.17, 15) is 0 Å². The van der Waals surface area contributed by atoms with Crippen molar-refractivity contribution in [3.8, 4) is 0 Å². The summed E-state index contributed by atoms with van der Waals surface area (Å²) in [5.74, 6) is 0.601. The van der Waals surface area contributed by atoms with Gasteiger partial charge in [-0.05, 0) is 29.9 Å². The average Bonchev–Trinajstić information content (AvgIpc) is 2.29. The van der Waals surface area contributed by atoms with Gasteiger partial charge in [0.2, 0.25) is 0 Å². The Morgan fingerprint density at radius 2 is 2.08 bits per heavy atom. The topological polar surface area (TPSA) is 0 Å². The zero-order valence-electron chi connectivity index (χ0n) is 7.46. The zero-order valence-corrected chi connectivity index (χ0v) is 7.46. The van der Waals surface area contributed by atoms with Crippen LogP contribution in [0.4, 0.5) is 0 Å². The van der Waals surface area contributed by atoms with E-state index >= 15 is 0 Å². The minimum atomic E-state index is 0.601. The van der Waals surface area contributed by atoms with Gasteiger partial charge in [0, 0.05) is 0 Å². The fourth-order valence-corrected chi connectivity index (χ4v) is 1.85. The normalized spacial score (nSPS) is 21.6. The summed E-state index contributed by atoms with van der Waals surface area (Å²) in [7, 11) is 0. The van der Waals surface area contributed by atoms with E-state index in [1.165, 1.54) is 24.0 Å². The first kappa shape index (κ1) is 7.60. The summed E-state index contributed by atoms with van der Waals surface area (Å²) in [6, 6.07) is 8.76. The molecule has 2 rings (SSSR count). The van der Waals surface area contributed by atoms with E-state index in [1.54, 1.807) is 0 Å². The number of rotatable bonds is 0. The summed E-state index contributed by atoms with van der Waals surface area (Å²) < 4.78 is 0. The van der Waals surface area contributed by atoms with Crippen molar-refractivity contribution in [1.82, 2.24) is 0 Å². The summed E-state index contributed by atoms with van der Waals surface area (Å²) in [6.45, 7) is 2.26. The number of benzene rings is 1. The Labute approximate surface area is 73.9 Å². The molecule has 1 aromatic rings. The molecule has 1 aliphatic rings. The maximum atomic E-state index is 2.31. The van der Waals surface area contributed by atoms with Gasteiger partial charge in [0.25, 0.3) is 0 Å². The molecule has 1 aromatic carbocycles. The maximum absolute atomic E-state index is 2.31. The predicted molar refractivity (Wildman–Crippen MR) is 52.3 cm³/mol. The van der Waals surface area contributed by atoms with Crippen LogP contribution in [0.25, 0.3) is 0 Å². The van der Waals surface area contributed by atoms with E-state index in [-0.39, 0.29) is 0 Å². The number of aryl methyl sites for hydroxylation is 1. The Hall–Kier alpha value is -1.04. The van der Waals surface area contributed by atoms with E-state index in [4.69, 9.17) is 0 Å². The quantitative estimate of drug-likeness (QED) is 0.508. The molecule has 0 amide bonds. The van der Waals surface area contributed by atoms with Crippen LogP contribution in [0.2, 0.25) is 0 Å². The first-order valence-electron chi connectivity index (χ1n) is 4.62. The van der Waals surface area contributed by atoms with Gasteiger partial charge in [0.05, 0.1) is 0 Å². The number of fused-ring (bicyclic) bond motifs is 1. The third kappa shape index (κ3) is 1.29. The first-order chi connectivity index (χ1) is 5.88. The van der Waals surface area contributed by atoms with Crippen LogP contribution in [0.15, 0.2) is 36.4 Å². The molecular formula is C12H14. The second-order valence-electron chi connectivity index (χ2n) is 3.45. The van der Waals surface area contributed by atoms with Crippen molar-refractivity contribution < 1.29 is 0 Å². The van der Waals surface area contributed by atoms with Crippen LogP contribution in [-0.2, 0) is 6.42 Å². The van der Waals surface area contributed by atoms with Crippen molar-refractivity contribution in [1.29, 1.82) is 0 Å². The SMILES string of the molecule is C[C@@H]1C=CCCc2ccccc21. The molecule has 0 unspecified atom stereocenters. The molecular weight excluding hydrogens is 144 g/mol. The van der Waals surface area contributed by atoms with Crippen LogP contribution in [0.3, 0.4) is 0 Å². The number of hydrogen-bond acceptors (Lipinski definition) is 0. The van der Waals surface area contributed by atoms with Crippen LogP contribution < -0.4 is 0 Å². The number of allylic oxidation sites excluding steroid dienone is 2. The Kier molecular flexibility index (Phi) is 1.99. The van der Waals surface area contributed by atoms with E-state index in [0.29, 0.717) is 5.92 Å². The molecule has 0 aliphatic heterocycles. The summed E-state index contributed by atoms with van der Waals surface area (Å²) in [5, 5.41) is 0. The van der Waals surface area contributed by atoms with Gasteiger partial charge in [-0.2, -0.15) is 0 Å². The molecule has 0 aromatic heterocycles. The van der Waals surface area contributed by atoms with Crippen LogP contribution in [0.5, 0.6) is 0 Å². The van der Waals surface area contributed by atoms with Crippen LogP contribution in [0.1, 0.15) is 30.4 Å². The molecule has 0 radical (unpaired) electrons. The molecule has 0 fully saturated rings. The van der Waals surface area contributed by atoms with Crippen molar-refractivity contribution in [2.24, 2.45) is 0 Å². The van der Waals surface area contributed by atoms with Gasteiger partial charge in [-0.25, -0.2) is 0 Å². The van der Waals surface area contributed by atoms with Crippen molar-refractivity contribution in [3.63, 3.8) is 0 Å². The molecule has 0 heterocycles. The minimum absolute atomic E-state index is 0.601. The highest BCUT2D eigenvalue weighted by molar-refractivity contribution is 5.34. The largest absolute Gasteiger partial charge is 0.0876 e. The van der Waals surface area contributed by atoms with Crippen LogP contribution in [-0.4, -0.2) is 0 Å². The summed E-state index contributed by atoms with van der Waals surface area (Å²) in [5.41, 5.74) is 3.03. The molecule has 0 spiro atoms. The lowest BCUT2D eigenvalue weighted by atomic mass is 9.96. The van der Waals surface area contributed by atoms with Crippen LogP contribution >= 0.6 is 0 Å². The lowest BCUT2D eigenvalue weighted by molar-refractivity contribution is 0.943.